The molecule has 0 spiro atoms. The first-order valence-electron chi connectivity index (χ1n) is 6.21. The van der Waals surface area contributed by atoms with Gasteiger partial charge >= 0.3 is 0 Å². The molecule has 0 aliphatic carbocycles. The molecule has 0 heterocycles. The average Bonchev–Trinajstić information content (AvgIpc) is 2.35. The Labute approximate surface area is 120 Å². The molecule has 0 fully saturated rings. The highest BCUT2D eigenvalue weighted by Crippen LogP contribution is 2.39. The molecule has 0 aromatic heterocycles. The van der Waals surface area contributed by atoms with Gasteiger partial charge in [0.15, 0.2) is 0 Å². The van der Waals surface area contributed by atoms with E-state index in [0.29, 0.717) is 11.1 Å². The first-order chi connectivity index (χ1) is 8.67. The van der Waals surface area contributed by atoms with Gasteiger partial charge < -0.3 is 0 Å². The molecule has 1 rings (SSSR count). The lowest BCUT2D eigenvalue weighted by Gasteiger charge is -2.28. The molecule has 100 valence electrons. The highest BCUT2D eigenvalue weighted by atomic mass is 32.2. The molecule has 0 amide bonds. The zero-order valence-corrected chi connectivity index (χ0v) is 13.3. The molecule has 2 nitrogen and oxygen atoms in total. The van der Waals surface area contributed by atoms with E-state index < -0.39 is 0 Å². The summed E-state index contributed by atoms with van der Waals surface area (Å²) in [6, 6.07) is 8.21. The summed E-state index contributed by atoms with van der Waals surface area (Å²) in [4.78, 5) is 0. The van der Waals surface area contributed by atoms with Crippen LogP contribution in [0.2, 0.25) is 0 Å². The number of benzene rings is 1. The van der Waals surface area contributed by atoms with E-state index in [0.717, 1.165) is 11.1 Å². The van der Waals surface area contributed by atoms with E-state index in [-0.39, 0.29) is 10.2 Å². The van der Waals surface area contributed by atoms with Crippen LogP contribution in [0, 0.1) is 22.7 Å². The van der Waals surface area contributed by atoms with E-state index in [1.807, 2.05) is 12.3 Å². The van der Waals surface area contributed by atoms with Crippen LogP contribution in [0.5, 0.6) is 0 Å². The standard InChI is InChI=1S/C16H20N2S/c1-15(2,3)13-8-14(16(4,5)19-6)12(10-18)7-11(13)9-17/h7-8H,1-6H3. The van der Waals surface area contributed by atoms with Crippen LogP contribution < -0.4 is 0 Å². The molecule has 0 aliphatic rings. The van der Waals surface area contributed by atoms with Crippen LogP contribution in [0.4, 0.5) is 0 Å². The third kappa shape index (κ3) is 3.11. The smallest absolute Gasteiger partial charge is 0.0995 e. The first kappa shape index (κ1) is 15.6. The van der Waals surface area contributed by atoms with Crippen LogP contribution in [0.1, 0.15) is 56.9 Å². The fourth-order valence-corrected chi connectivity index (χ4v) is 2.40. The molecular formula is C16H20N2S. The molecule has 0 atom stereocenters. The zero-order chi connectivity index (χ0) is 14.8. The van der Waals surface area contributed by atoms with Gasteiger partial charge in [-0.3, -0.25) is 0 Å². The second-order valence-electron chi connectivity index (χ2n) is 6.13. The fraction of sp³-hybridized carbons (Fsp3) is 0.500. The minimum atomic E-state index is -0.140. The molecule has 0 aliphatic heterocycles. The van der Waals surface area contributed by atoms with E-state index in [1.165, 1.54) is 0 Å². The molecule has 0 N–H and O–H groups in total. The van der Waals surface area contributed by atoms with Gasteiger partial charge in [-0.1, -0.05) is 26.8 Å². The zero-order valence-electron chi connectivity index (χ0n) is 12.5. The maximum Gasteiger partial charge on any atom is 0.0995 e. The second kappa shape index (κ2) is 5.27. The van der Waals surface area contributed by atoms with Crippen molar-refractivity contribution in [3.63, 3.8) is 0 Å². The number of rotatable bonds is 2. The fourth-order valence-electron chi connectivity index (χ4n) is 2.01. The van der Waals surface area contributed by atoms with E-state index in [9.17, 15) is 10.5 Å². The lowest BCUT2D eigenvalue weighted by Crippen LogP contribution is -2.19. The molecule has 0 bridgehead atoms. The largest absolute Gasteiger partial charge is 0.192 e. The van der Waals surface area contributed by atoms with Gasteiger partial charge in [0.2, 0.25) is 0 Å². The van der Waals surface area contributed by atoms with Gasteiger partial charge in [0.1, 0.15) is 0 Å². The maximum atomic E-state index is 9.32. The summed E-state index contributed by atoms with van der Waals surface area (Å²) in [6.07, 6.45) is 2.04. The van der Waals surface area contributed by atoms with Crippen molar-refractivity contribution in [1.82, 2.24) is 0 Å². The van der Waals surface area contributed by atoms with Gasteiger partial charge in [-0.25, -0.2) is 0 Å². The molecule has 0 saturated carbocycles. The summed E-state index contributed by atoms with van der Waals surface area (Å²) >= 11 is 1.71. The van der Waals surface area contributed by atoms with E-state index in [4.69, 9.17) is 0 Å². The van der Waals surface area contributed by atoms with Gasteiger partial charge in [0.05, 0.1) is 23.3 Å². The number of hydrogen-bond donors (Lipinski definition) is 0. The number of nitrogens with zero attached hydrogens (tertiary/aromatic N) is 2. The lowest BCUT2D eigenvalue weighted by atomic mass is 9.80. The highest BCUT2D eigenvalue weighted by Gasteiger charge is 2.27. The molecule has 0 unspecified atom stereocenters. The number of nitriles is 2. The Balaban J connectivity index is 3.68. The van der Waals surface area contributed by atoms with Crippen LogP contribution in [0.15, 0.2) is 12.1 Å². The average molecular weight is 272 g/mol. The van der Waals surface area contributed by atoms with Gasteiger partial charge in [0, 0.05) is 4.75 Å². The van der Waals surface area contributed by atoms with Crippen LogP contribution in [-0.2, 0) is 10.2 Å². The van der Waals surface area contributed by atoms with Gasteiger partial charge in [-0.2, -0.15) is 22.3 Å². The lowest BCUT2D eigenvalue weighted by molar-refractivity contribution is 0.586. The third-order valence-electron chi connectivity index (χ3n) is 3.37. The van der Waals surface area contributed by atoms with Crippen molar-refractivity contribution in [2.24, 2.45) is 0 Å². The van der Waals surface area contributed by atoms with Gasteiger partial charge in [-0.15, -0.1) is 0 Å². The molecule has 0 saturated heterocycles. The Kier molecular flexibility index (Phi) is 4.33. The van der Waals surface area contributed by atoms with Crippen molar-refractivity contribution < 1.29 is 0 Å². The maximum absolute atomic E-state index is 9.32. The van der Waals surface area contributed by atoms with Crippen LogP contribution in [0.3, 0.4) is 0 Å². The Bertz CT molecular complexity index is 566. The summed E-state index contributed by atoms with van der Waals surface area (Å²) in [6.45, 7) is 10.5. The molecule has 19 heavy (non-hydrogen) atoms. The molecular weight excluding hydrogens is 252 g/mol. The van der Waals surface area contributed by atoms with Crippen LogP contribution >= 0.6 is 11.8 Å². The quantitative estimate of drug-likeness (QED) is 0.805. The Morgan fingerprint density at radius 2 is 1.37 bits per heavy atom. The van der Waals surface area contributed by atoms with Crippen molar-refractivity contribution in [2.75, 3.05) is 6.26 Å². The minimum absolute atomic E-state index is 0.109. The minimum Gasteiger partial charge on any atom is -0.192 e. The molecule has 1 aromatic carbocycles. The highest BCUT2D eigenvalue weighted by molar-refractivity contribution is 7.99. The van der Waals surface area contributed by atoms with E-state index in [2.05, 4.69) is 46.8 Å². The van der Waals surface area contributed by atoms with Crippen molar-refractivity contribution in [3.05, 3.63) is 34.4 Å². The Morgan fingerprint density at radius 3 is 1.74 bits per heavy atom. The van der Waals surface area contributed by atoms with Crippen molar-refractivity contribution in [3.8, 4) is 12.1 Å². The topological polar surface area (TPSA) is 47.6 Å². The Hall–Kier alpha value is -1.45. The monoisotopic (exact) mass is 272 g/mol. The first-order valence-corrected chi connectivity index (χ1v) is 7.44. The van der Waals surface area contributed by atoms with E-state index >= 15 is 0 Å². The SMILES string of the molecule is CSC(C)(C)c1cc(C(C)(C)C)c(C#N)cc1C#N. The van der Waals surface area contributed by atoms with Gasteiger partial charge in [-0.05, 0) is 42.7 Å². The van der Waals surface area contributed by atoms with Crippen LogP contribution in [0.25, 0.3) is 0 Å². The van der Waals surface area contributed by atoms with Gasteiger partial charge in [0.25, 0.3) is 0 Å². The number of thioether (sulfide) groups is 1. The predicted octanol–water partition coefficient (Wildman–Crippen LogP) is 4.33. The molecule has 0 radical (unpaired) electrons. The summed E-state index contributed by atoms with van der Waals surface area (Å²) in [5.41, 5.74) is 3.11. The summed E-state index contributed by atoms with van der Waals surface area (Å²) in [7, 11) is 0. The van der Waals surface area contributed by atoms with Crippen molar-refractivity contribution in [2.45, 2.75) is 44.8 Å². The molecule has 3 heteroatoms. The van der Waals surface area contributed by atoms with Crippen LogP contribution in [-0.4, -0.2) is 6.26 Å². The molecule has 1 aromatic rings. The Morgan fingerprint density at radius 1 is 0.895 bits per heavy atom. The normalized spacial score (nSPS) is 11.8. The predicted molar refractivity (Wildman–Crippen MR) is 81.1 cm³/mol. The second-order valence-corrected chi connectivity index (χ2v) is 7.56. The van der Waals surface area contributed by atoms with Crippen molar-refractivity contribution >= 4 is 11.8 Å². The third-order valence-corrected chi connectivity index (χ3v) is 4.61. The van der Waals surface area contributed by atoms with E-state index in [1.54, 1.807) is 17.8 Å². The summed E-state index contributed by atoms with van der Waals surface area (Å²) in [5, 5.41) is 18.6. The number of hydrogen-bond acceptors (Lipinski definition) is 3. The summed E-state index contributed by atoms with van der Waals surface area (Å²) in [5.74, 6) is 0. The van der Waals surface area contributed by atoms with Crippen molar-refractivity contribution in [1.29, 1.82) is 10.5 Å². The summed E-state index contributed by atoms with van der Waals surface area (Å²) < 4.78 is -0.140.